The van der Waals surface area contributed by atoms with Gasteiger partial charge in [0.25, 0.3) is 0 Å². The number of pyridine rings is 1. The molecule has 9 nitrogen and oxygen atoms in total. The molecule has 3 heterocycles. The van der Waals surface area contributed by atoms with Crippen LogP contribution in [0.25, 0.3) is 0 Å². The third-order valence-electron chi connectivity index (χ3n) is 5.27. The van der Waals surface area contributed by atoms with Crippen molar-refractivity contribution >= 4 is 21.7 Å². The standard InChI is InChI=1S/C18H19F2N5O4S/c1-25-17(21)24-18(9-29-8-15(18)30(25,27)28)12-6-11(3-4-13(12)20)23-16(26)14-5-2-10(19)7-22-14/h2-7,15-16,23,26H,8-9H2,1H3,(H2,21,24). The molecule has 1 aromatic heterocycles. The second-order valence-corrected chi connectivity index (χ2v) is 9.20. The van der Waals surface area contributed by atoms with Crippen molar-refractivity contribution in [3.05, 3.63) is 59.4 Å². The molecule has 0 amide bonds. The predicted molar refractivity (Wildman–Crippen MR) is 104 cm³/mol. The van der Waals surface area contributed by atoms with E-state index in [1.165, 1.54) is 25.2 Å². The second-order valence-electron chi connectivity index (χ2n) is 7.05. The third-order valence-corrected chi connectivity index (χ3v) is 7.46. The lowest BCUT2D eigenvalue weighted by Crippen LogP contribution is -2.57. The zero-order valence-corrected chi connectivity index (χ0v) is 16.6. The van der Waals surface area contributed by atoms with E-state index in [2.05, 4.69) is 15.3 Å². The maximum Gasteiger partial charge on any atom is 0.245 e. The molecule has 3 atom stereocenters. The Balaban J connectivity index is 1.74. The Bertz CT molecular complexity index is 1110. The Morgan fingerprint density at radius 1 is 1.37 bits per heavy atom. The van der Waals surface area contributed by atoms with Gasteiger partial charge in [-0.25, -0.2) is 26.5 Å². The molecule has 4 N–H and O–H groups in total. The molecular weight excluding hydrogens is 420 g/mol. The van der Waals surface area contributed by atoms with Crippen LogP contribution in [0.2, 0.25) is 0 Å². The molecule has 4 rings (SSSR count). The van der Waals surface area contributed by atoms with E-state index in [0.717, 1.165) is 22.6 Å². The normalized spacial score (nSPS) is 26.1. The number of rotatable bonds is 4. The van der Waals surface area contributed by atoms with Gasteiger partial charge in [-0.3, -0.25) is 4.98 Å². The highest BCUT2D eigenvalue weighted by molar-refractivity contribution is 7.90. The molecule has 3 unspecified atom stereocenters. The molecule has 2 aromatic rings. The maximum absolute atomic E-state index is 14.8. The minimum atomic E-state index is -3.92. The number of aliphatic imine (C=N–C) groups is 1. The number of nitrogens with zero attached hydrogens (tertiary/aromatic N) is 3. The fourth-order valence-electron chi connectivity index (χ4n) is 3.62. The fourth-order valence-corrected chi connectivity index (χ4v) is 5.32. The molecule has 0 radical (unpaired) electrons. The molecule has 0 spiro atoms. The average molecular weight is 439 g/mol. The number of anilines is 1. The van der Waals surface area contributed by atoms with Crippen LogP contribution < -0.4 is 11.1 Å². The van der Waals surface area contributed by atoms with Crippen molar-refractivity contribution in [2.24, 2.45) is 10.7 Å². The molecule has 2 aliphatic heterocycles. The van der Waals surface area contributed by atoms with Gasteiger partial charge in [0.05, 0.1) is 25.1 Å². The Morgan fingerprint density at radius 2 is 2.13 bits per heavy atom. The molecular formula is C18H19F2N5O4S. The van der Waals surface area contributed by atoms with Crippen molar-refractivity contribution in [1.29, 1.82) is 0 Å². The largest absolute Gasteiger partial charge is 0.377 e. The average Bonchev–Trinajstić information content (AvgIpc) is 3.14. The van der Waals surface area contributed by atoms with Gasteiger partial charge >= 0.3 is 0 Å². The number of halogens is 2. The summed E-state index contributed by atoms with van der Waals surface area (Å²) in [5.74, 6) is -1.52. The number of guanidine groups is 1. The van der Waals surface area contributed by atoms with Crippen LogP contribution in [0.3, 0.4) is 0 Å². The highest BCUT2D eigenvalue weighted by Crippen LogP contribution is 2.44. The van der Waals surface area contributed by atoms with E-state index in [1.54, 1.807) is 0 Å². The highest BCUT2D eigenvalue weighted by atomic mass is 32.2. The third kappa shape index (κ3) is 3.16. The summed E-state index contributed by atoms with van der Waals surface area (Å²) in [7, 11) is -2.65. The Labute approximate surface area is 171 Å². The Hall–Kier alpha value is -2.83. The smallest absolute Gasteiger partial charge is 0.245 e. The molecule has 0 aliphatic carbocycles. The van der Waals surface area contributed by atoms with Crippen LogP contribution in [-0.4, -0.2) is 54.3 Å². The van der Waals surface area contributed by atoms with Gasteiger partial charge < -0.3 is 20.9 Å². The highest BCUT2D eigenvalue weighted by Gasteiger charge is 2.58. The van der Waals surface area contributed by atoms with E-state index in [4.69, 9.17) is 10.5 Å². The van der Waals surface area contributed by atoms with E-state index in [1.807, 2.05) is 0 Å². The van der Waals surface area contributed by atoms with Crippen molar-refractivity contribution < 1.29 is 27.0 Å². The first kappa shape index (κ1) is 20.4. The molecule has 12 heteroatoms. The molecule has 0 bridgehead atoms. The summed E-state index contributed by atoms with van der Waals surface area (Å²) in [4.78, 5) is 8.09. The monoisotopic (exact) mass is 439 g/mol. The summed E-state index contributed by atoms with van der Waals surface area (Å²) in [5, 5.41) is 11.9. The summed E-state index contributed by atoms with van der Waals surface area (Å²) in [6.45, 7) is -0.337. The van der Waals surface area contributed by atoms with Gasteiger partial charge in [0.2, 0.25) is 16.0 Å². The van der Waals surface area contributed by atoms with Crippen molar-refractivity contribution in [3.63, 3.8) is 0 Å². The van der Waals surface area contributed by atoms with E-state index in [9.17, 15) is 22.3 Å². The second kappa shape index (κ2) is 7.15. The molecule has 1 saturated heterocycles. The lowest BCUT2D eigenvalue weighted by atomic mass is 9.88. The lowest BCUT2D eigenvalue weighted by molar-refractivity contribution is 0.178. The lowest BCUT2D eigenvalue weighted by Gasteiger charge is -2.38. The molecule has 2 aliphatic rings. The summed E-state index contributed by atoms with van der Waals surface area (Å²) >= 11 is 0. The molecule has 1 aromatic carbocycles. The summed E-state index contributed by atoms with van der Waals surface area (Å²) in [6, 6.07) is 6.28. The number of nitrogens with one attached hydrogen (secondary N) is 1. The first-order valence-corrected chi connectivity index (χ1v) is 10.4. The van der Waals surface area contributed by atoms with Gasteiger partial charge in [-0.1, -0.05) is 0 Å². The van der Waals surface area contributed by atoms with Crippen LogP contribution in [0.15, 0.2) is 41.5 Å². The van der Waals surface area contributed by atoms with Crippen molar-refractivity contribution in [2.75, 3.05) is 25.6 Å². The number of benzene rings is 1. The number of hydrogen-bond acceptors (Lipinski definition) is 8. The van der Waals surface area contributed by atoms with Crippen LogP contribution in [0.1, 0.15) is 17.5 Å². The van der Waals surface area contributed by atoms with Gasteiger partial charge in [0.15, 0.2) is 6.23 Å². The van der Waals surface area contributed by atoms with Gasteiger partial charge in [0.1, 0.15) is 22.4 Å². The Morgan fingerprint density at radius 3 is 2.83 bits per heavy atom. The number of sulfonamides is 1. The van der Waals surface area contributed by atoms with Crippen LogP contribution in [0.5, 0.6) is 0 Å². The quantitative estimate of drug-likeness (QED) is 0.596. The van der Waals surface area contributed by atoms with Gasteiger partial charge in [0, 0.05) is 18.3 Å². The number of nitrogens with two attached hydrogens (primary N) is 1. The minimum Gasteiger partial charge on any atom is -0.377 e. The number of ether oxygens (including phenoxy) is 1. The van der Waals surface area contributed by atoms with E-state index in [0.29, 0.717) is 0 Å². The first-order valence-electron chi connectivity index (χ1n) is 8.92. The van der Waals surface area contributed by atoms with E-state index < -0.39 is 38.7 Å². The number of hydrogen-bond donors (Lipinski definition) is 3. The van der Waals surface area contributed by atoms with Crippen molar-refractivity contribution in [3.8, 4) is 0 Å². The van der Waals surface area contributed by atoms with Crippen LogP contribution >= 0.6 is 0 Å². The SMILES string of the molecule is CN1C(N)=NC2(c3cc(NC(O)c4ccc(F)cn4)ccc3F)COCC2S1(=O)=O. The minimum absolute atomic E-state index is 0.0334. The summed E-state index contributed by atoms with van der Waals surface area (Å²) < 4.78 is 59.8. The van der Waals surface area contributed by atoms with Crippen LogP contribution in [-0.2, 0) is 20.3 Å². The zero-order valence-electron chi connectivity index (χ0n) is 15.8. The van der Waals surface area contributed by atoms with Crippen LogP contribution in [0.4, 0.5) is 14.5 Å². The zero-order chi connectivity index (χ0) is 21.7. The number of aliphatic hydroxyl groups is 1. The van der Waals surface area contributed by atoms with Gasteiger partial charge in [-0.2, -0.15) is 0 Å². The summed E-state index contributed by atoms with van der Waals surface area (Å²) in [6.07, 6.45) is -0.358. The first-order chi connectivity index (χ1) is 14.1. The van der Waals surface area contributed by atoms with Gasteiger partial charge in [-0.05, 0) is 30.3 Å². The number of aromatic nitrogens is 1. The molecule has 30 heavy (non-hydrogen) atoms. The topological polar surface area (TPSA) is 130 Å². The van der Waals surface area contributed by atoms with Crippen molar-refractivity contribution in [2.45, 2.75) is 17.0 Å². The van der Waals surface area contributed by atoms with Crippen molar-refractivity contribution in [1.82, 2.24) is 9.29 Å². The van der Waals surface area contributed by atoms with E-state index >= 15 is 0 Å². The predicted octanol–water partition coefficient (Wildman–Crippen LogP) is 0.647. The Kier molecular flexibility index (Phi) is 4.87. The molecule has 0 saturated carbocycles. The van der Waals surface area contributed by atoms with Crippen LogP contribution in [0, 0.1) is 11.6 Å². The number of fused-ring (bicyclic) bond motifs is 1. The fraction of sp³-hybridized carbons (Fsp3) is 0.333. The molecule has 1 fully saturated rings. The van der Waals surface area contributed by atoms with E-state index in [-0.39, 0.29) is 36.1 Å². The van der Waals surface area contributed by atoms with Gasteiger partial charge in [-0.15, -0.1) is 0 Å². The summed E-state index contributed by atoms with van der Waals surface area (Å²) in [5.41, 5.74) is 4.64. The maximum atomic E-state index is 14.8. The molecule has 160 valence electrons. The number of aliphatic hydroxyl groups excluding tert-OH is 1.